The minimum Gasteiger partial charge on any atom is -0.367 e. The van der Waals surface area contributed by atoms with E-state index in [1.807, 2.05) is 48.5 Å². The number of methoxy groups -OCH3 is 1. The lowest BCUT2D eigenvalue weighted by Gasteiger charge is -2.13. The number of rotatable bonds is 5. The maximum absolute atomic E-state index is 12.1. The monoisotopic (exact) mass is 302 g/mol. The maximum atomic E-state index is 12.1. The first-order valence-electron chi connectivity index (χ1n) is 6.37. The van der Waals surface area contributed by atoms with E-state index >= 15 is 0 Å². The highest BCUT2D eigenvalue weighted by Crippen LogP contribution is 2.16. The SMILES string of the molecule is CO[C@H](C(=O)NN=Cc1ccccc1Cl)c1ccccc1. The average Bonchev–Trinajstić information content (AvgIpc) is 2.51. The summed E-state index contributed by atoms with van der Waals surface area (Å²) in [5.41, 5.74) is 3.95. The van der Waals surface area contributed by atoms with Gasteiger partial charge in [0.05, 0.1) is 6.21 Å². The van der Waals surface area contributed by atoms with E-state index in [2.05, 4.69) is 10.5 Å². The van der Waals surface area contributed by atoms with E-state index in [-0.39, 0.29) is 5.91 Å². The molecule has 2 aromatic rings. The summed E-state index contributed by atoms with van der Waals surface area (Å²) in [6.07, 6.45) is 0.799. The Balaban J connectivity index is 2.02. The minimum absolute atomic E-state index is 0.341. The Kier molecular flexibility index (Phi) is 5.49. The van der Waals surface area contributed by atoms with Crippen LogP contribution in [0.4, 0.5) is 0 Å². The normalized spacial score (nSPS) is 12.3. The first-order valence-corrected chi connectivity index (χ1v) is 6.75. The summed E-state index contributed by atoms with van der Waals surface area (Å²) in [4.78, 5) is 12.1. The van der Waals surface area contributed by atoms with Crippen molar-refractivity contribution in [3.63, 3.8) is 0 Å². The molecule has 0 unspecified atom stereocenters. The number of halogens is 1. The Morgan fingerprint density at radius 3 is 2.52 bits per heavy atom. The number of carbonyl (C=O) groups is 1. The Bertz CT molecular complexity index is 629. The highest BCUT2D eigenvalue weighted by molar-refractivity contribution is 6.33. The van der Waals surface area contributed by atoms with Crippen LogP contribution in [0.1, 0.15) is 17.2 Å². The van der Waals surface area contributed by atoms with Crippen molar-refractivity contribution in [1.29, 1.82) is 0 Å². The molecule has 0 fully saturated rings. The molecule has 0 radical (unpaired) electrons. The molecule has 4 nitrogen and oxygen atoms in total. The molecule has 0 aliphatic heterocycles. The second kappa shape index (κ2) is 7.57. The summed E-state index contributed by atoms with van der Waals surface area (Å²) in [6.45, 7) is 0. The van der Waals surface area contributed by atoms with Gasteiger partial charge in [-0.1, -0.05) is 60.1 Å². The topological polar surface area (TPSA) is 50.7 Å². The molecule has 0 aliphatic rings. The van der Waals surface area contributed by atoms with Crippen molar-refractivity contribution in [3.8, 4) is 0 Å². The smallest absolute Gasteiger partial charge is 0.273 e. The zero-order valence-corrected chi connectivity index (χ0v) is 12.2. The van der Waals surface area contributed by atoms with Crippen molar-refractivity contribution in [2.75, 3.05) is 7.11 Å². The Morgan fingerprint density at radius 2 is 1.86 bits per heavy atom. The van der Waals surface area contributed by atoms with Gasteiger partial charge in [0, 0.05) is 17.7 Å². The predicted molar refractivity (Wildman–Crippen MR) is 83.4 cm³/mol. The standard InChI is InChI=1S/C16H15ClN2O2/c1-21-15(12-7-3-2-4-8-12)16(20)19-18-11-13-9-5-6-10-14(13)17/h2-11,15H,1H3,(H,19,20)/t15-/m0/s1. The van der Waals surface area contributed by atoms with Crippen LogP contribution in [0.3, 0.4) is 0 Å². The lowest BCUT2D eigenvalue weighted by atomic mass is 10.1. The van der Waals surface area contributed by atoms with Crippen molar-refractivity contribution in [2.45, 2.75) is 6.10 Å². The molecule has 0 saturated carbocycles. The first-order chi connectivity index (χ1) is 10.2. The van der Waals surface area contributed by atoms with Crippen LogP contribution in [-0.2, 0) is 9.53 Å². The number of hydrogen-bond donors (Lipinski definition) is 1. The molecule has 1 atom stereocenters. The summed E-state index contributed by atoms with van der Waals surface area (Å²) in [5, 5.41) is 4.48. The summed E-state index contributed by atoms with van der Waals surface area (Å²) in [7, 11) is 1.48. The van der Waals surface area contributed by atoms with Crippen LogP contribution in [0.15, 0.2) is 59.7 Å². The van der Waals surface area contributed by atoms with Gasteiger partial charge in [-0.25, -0.2) is 5.43 Å². The molecule has 108 valence electrons. The van der Waals surface area contributed by atoms with Crippen molar-refractivity contribution in [3.05, 3.63) is 70.7 Å². The summed E-state index contributed by atoms with van der Waals surface area (Å²) >= 11 is 6.00. The average molecular weight is 303 g/mol. The number of benzene rings is 2. The molecule has 5 heteroatoms. The van der Waals surface area contributed by atoms with Crippen LogP contribution in [0, 0.1) is 0 Å². The minimum atomic E-state index is -0.699. The van der Waals surface area contributed by atoms with Crippen molar-refractivity contribution >= 4 is 23.7 Å². The fourth-order valence-corrected chi connectivity index (χ4v) is 2.01. The lowest BCUT2D eigenvalue weighted by Crippen LogP contribution is -2.26. The van der Waals surface area contributed by atoms with E-state index in [4.69, 9.17) is 16.3 Å². The van der Waals surface area contributed by atoms with Gasteiger partial charge in [0.15, 0.2) is 6.10 Å². The van der Waals surface area contributed by atoms with Gasteiger partial charge in [-0.05, 0) is 11.6 Å². The number of amides is 1. The highest BCUT2D eigenvalue weighted by Gasteiger charge is 2.18. The van der Waals surface area contributed by atoms with Gasteiger partial charge in [-0.15, -0.1) is 0 Å². The van der Waals surface area contributed by atoms with Crippen molar-refractivity contribution in [1.82, 2.24) is 5.43 Å². The Morgan fingerprint density at radius 1 is 1.19 bits per heavy atom. The summed E-state index contributed by atoms with van der Waals surface area (Å²) in [6, 6.07) is 16.5. The number of hydrogen-bond acceptors (Lipinski definition) is 3. The number of hydrazone groups is 1. The fraction of sp³-hybridized carbons (Fsp3) is 0.125. The predicted octanol–water partition coefficient (Wildman–Crippen LogP) is 3.18. The molecule has 0 aliphatic carbocycles. The third-order valence-electron chi connectivity index (χ3n) is 2.86. The van der Waals surface area contributed by atoms with Crippen LogP contribution < -0.4 is 5.43 Å². The van der Waals surface area contributed by atoms with Crippen LogP contribution in [0.2, 0.25) is 5.02 Å². The number of nitrogens with one attached hydrogen (secondary N) is 1. The van der Waals surface area contributed by atoms with Gasteiger partial charge in [0.25, 0.3) is 5.91 Å². The number of nitrogens with zero attached hydrogens (tertiary/aromatic N) is 1. The zero-order chi connectivity index (χ0) is 15.1. The molecule has 0 aromatic heterocycles. The van der Waals surface area contributed by atoms with E-state index in [0.717, 1.165) is 11.1 Å². The second-order valence-electron chi connectivity index (χ2n) is 4.28. The molecule has 2 rings (SSSR count). The summed E-state index contributed by atoms with van der Waals surface area (Å²) in [5.74, 6) is -0.341. The van der Waals surface area contributed by atoms with Gasteiger partial charge in [0.2, 0.25) is 0 Å². The van der Waals surface area contributed by atoms with Crippen LogP contribution in [-0.4, -0.2) is 19.2 Å². The Hall–Kier alpha value is -2.17. The van der Waals surface area contributed by atoms with E-state index < -0.39 is 6.10 Å². The maximum Gasteiger partial charge on any atom is 0.273 e. The summed E-state index contributed by atoms with van der Waals surface area (Å²) < 4.78 is 5.21. The molecule has 0 saturated heterocycles. The highest BCUT2D eigenvalue weighted by atomic mass is 35.5. The third kappa shape index (κ3) is 4.15. The molecule has 0 bridgehead atoms. The quantitative estimate of drug-likeness (QED) is 0.681. The van der Waals surface area contributed by atoms with Gasteiger partial charge in [-0.2, -0.15) is 5.10 Å². The molecule has 2 aromatic carbocycles. The van der Waals surface area contributed by atoms with E-state index in [9.17, 15) is 4.79 Å². The lowest BCUT2D eigenvalue weighted by molar-refractivity contribution is -0.131. The zero-order valence-electron chi connectivity index (χ0n) is 11.5. The van der Waals surface area contributed by atoms with E-state index in [1.54, 1.807) is 6.07 Å². The molecule has 21 heavy (non-hydrogen) atoms. The van der Waals surface area contributed by atoms with Crippen molar-refractivity contribution < 1.29 is 9.53 Å². The van der Waals surface area contributed by atoms with Gasteiger partial charge in [0.1, 0.15) is 0 Å². The van der Waals surface area contributed by atoms with Gasteiger partial charge >= 0.3 is 0 Å². The molecular formula is C16H15ClN2O2. The Labute approximate surface area is 128 Å². The third-order valence-corrected chi connectivity index (χ3v) is 3.20. The van der Waals surface area contributed by atoms with E-state index in [1.165, 1.54) is 13.3 Å². The van der Waals surface area contributed by atoms with Crippen LogP contribution in [0.25, 0.3) is 0 Å². The molecular weight excluding hydrogens is 288 g/mol. The molecule has 0 spiro atoms. The van der Waals surface area contributed by atoms with E-state index in [0.29, 0.717) is 5.02 Å². The van der Waals surface area contributed by atoms with Crippen LogP contribution in [0.5, 0.6) is 0 Å². The molecule has 1 amide bonds. The molecule has 1 N–H and O–H groups in total. The molecule has 0 heterocycles. The first kappa shape index (κ1) is 15.2. The number of ether oxygens (including phenoxy) is 1. The van der Waals surface area contributed by atoms with Gasteiger partial charge in [-0.3, -0.25) is 4.79 Å². The fourth-order valence-electron chi connectivity index (χ4n) is 1.83. The second-order valence-corrected chi connectivity index (χ2v) is 4.69. The van der Waals surface area contributed by atoms with Crippen LogP contribution >= 0.6 is 11.6 Å². The van der Waals surface area contributed by atoms with Gasteiger partial charge < -0.3 is 4.74 Å². The largest absolute Gasteiger partial charge is 0.367 e. The van der Waals surface area contributed by atoms with Crippen molar-refractivity contribution in [2.24, 2.45) is 5.10 Å². The number of carbonyl (C=O) groups excluding carboxylic acids is 1.